The van der Waals surface area contributed by atoms with Crippen molar-refractivity contribution in [2.75, 3.05) is 12.4 Å². The molecule has 0 atom stereocenters. The maximum Gasteiger partial charge on any atom is 0.117 e. The van der Waals surface area contributed by atoms with Crippen molar-refractivity contribution in [1.82, 2.24) is 5.32 Å². The van der Waals surface area contributed by atoms with Gasteiger partial charge < -0.3 is 9.73 Å². The molecule has 1 heterocycles. The smallest absolute Gasteiger partial charge is 0.117 e. The van der Waals surface area contributed by atoms with E-state index in [2.05, 4.69) is 5.32 Å². The molecule has 2 nitrogen and oxygen atoms in total. The Bertz CT molecular complexity index is 222. The Morgan fingerprint density at radius 1 is 1.50 bits per heavy atom. The van der Waals surface area contributed by atoms with Crippen LogP contribution in [0.2, 0.25) is 0 Å². The first kappa shape index (κ1) is 9.62. The molecule has 0 bridgehead atoms. The highest BCUT2D eigenvalue weighted by Crippen LogP contribution is 2.05. The molecule has 12 heavy (non-hydrogen) atoms. The van der Waals surface area contributed by atoms with Crippen LogP contribution < -0.4 is 5.32 Å². The van der Waals surface area contributed by atoms with Crippen LogP contribution in [0, 0.1) is 6.92 Å². The van der Waals surface area contributed by atoms with Crippen molar-refractivity contribution in [1.29, 1.82) is 0 Å². The molecule has 0 aromatic carbocycles. The molecule has 68 valence electrons. The quantitative estimate of drug-likeness (QED) is 0.566. The van der Waals surface area contributed by atoms with Crippen LogP contribution >= 0.6 is 11.6 Å². The highest BCUT2D eigenvalue weighted by Gasteiger charge is 1.96. The van der Waals surface area contributed by atoms with Gasteiger partial charge in [0, 0.05) is 5.88 Å². The fourth-order valence-electron chi connectivity index (χ4n) is 0.984. The van der Waals surface area contributed by atoms with Crippen molar-refractivity contribution < 1.29 is 4.42 Å². The minimum absolute atomic E-state index is 0.712. The predicted octanol–water partition coefficient (Wildman–Crippen LogP) is 2.31. The summed E-state index contributed by atoms with van der Waals surface area (Å²) in [6.07, 6.45) is 1.00. The zero-order chi connectivity index (χ0) is 8.81. The van der Waals surface area contributed by atoms with Gasteiger partial charge in [-0.1, -0.05) is 0 Å². The van der Waals surface area contributed by atoms with Gasteiger partial charge in [0.05, 0.1) is 6.54 Å². The van der Waals surface area contributed by atoms with E-state index < -0.39 is 0 Å². The van der Waals surface area contributed by atoms with Crippen LogP contribution in [-0.4, -0.2) is 12.4 Å². The molecule has 1 rings (SSSR count). The molecule has 1 aromatic rings. The number of rotatable bonds is 5. The highest BCUT2D eigenvalue weighted by molar-refractivity contribution is 6.17. The molecule has 3 heteroatoms. The Morgan fingerprint density at radius 2 is 2.33 bits per heavy atom. The molecule has 0 fully saturated rings. The van der Waals surface area contributed by atoms with E-state index in [1.807, 2.05) is 19.1 Å². The van der Waals surface area contributed by atoms with Gasteiger partial charge in [-0.25, -0.2) is 0 Å². The molecule has 0 saturated carbocycles. The molecule has 0 aliphatic carbocycles. The minimum atomic E-state index is 0.712. The van der Waals surface area contributed by atoms with E-state index in [9.17, 15) is 0 Å². The second-order valence-electron chi connectivity index (χ2n) is 2.73. The molecule has 0 saturated heterocycles. The fourth-order valence-corrected chi connectivity index (χ4v) is 1.12. The molecule has 0 aliphatic heterocycles. The van der Waals surface area contributed by atoms with Gasteiger partial charge in [0.15, 0.2) is 0 Å². The highest BCUT2D eigenvalue weighted by atomic mass is 35.5. The molecule has 0 radical (unpaired) electrons. The van der Waals surface area contributed by atoms with Crippen LogP contribution in [0.5, 0.6) is 0 Å². The first-order valence-electron chi connectivity index (χ1n) is 4.15. The maximum absolute atomic E-state index is 5.52. The third kappa shape index (κ3) is 3.28. The second kappa shape index (κ2) is 5.22. The summed E-state index contributed by atoms with van der Waals surface area (Å²) in [4.78, 5) is 0. The van der Waals surface area contributed by atoms with Crippen molar-refractivity contribution in [3.8, 4) is 0 Å². The number of aryl methyl sites for hydroxylation is 1. The van der Waals surface area contributed by atoms with Crippen LogP contribution in [0.4, 0.5) is 0 Å². The molecule has 1 N–H and O–H groups in total. The van der Waals surface area contributed by atoms with E-state index in [1.54, 1.807) is 0 Å². The standard InChI is InChI=1S/C9H14ClNO/c1-8-3-4-9(12-8)7-11-6-2-5-10/h3-4,11H,2,5-7H2,1H3. The zero-order valence-electron chi connectivity index (χ0n) is 7.27. The minimum Gasteiger partial charge on any atom is -0.465 e. The van der Waals surface area contributed by atoms with Gasteiger partial charge in [-0.2, -0.15) is 0 Å². The molecule has 0 amide bonds. The molecule has 0 unspecified atom stereocenters. The summed E-state index contributed by atoms with van der Waals surface area (Å²) in [5.41, 5.74) is 0. The summed E-state index contributed by atoms with van der Waals surface area (Å²) in [6, 6.07) is 3.96. The lowest BCUT2D eigenvalue weighted by molar-refractivity contribution is 0.462. The SMILES string of the molecule is Cc1ccc(CNCCCCl)o1. The normalized spacial score (nSPS) is 10.5. The van der Waals surface area contributed by atoms with Crippen molar-refractivity contribution in [3.05, 3.63) is 23.7 Å². The summed E-state index contributed by atoms with van der Waals surface area (Å²) in [5.74, 6) is 2.66. The van der Waals surface area contributed by atoms with Crippen LogP contribution in [-0.2, 0) is 6.54 Å². The lowest BCUT2D eigenvalue weighted by Gasteiger charge is -1.99. The van der Waals surface area contributed by atoms with Gasteiger partial charge in [0.1, 0.15) is 11.5 Å². The number of hydrogen-bond donors (Lipinski definition) is 1. The zero-order valence-corrected chi connectivity index (χ0v) is 8.03. The van der Waals surface area contributed by atoms with Gasteiger partial charge in [0.2, 0.25) is 0 Å². The van der Waals surface area contributed by atoms with E-state index in [0.29, 0.717) is 5.88 Å². The van der Waals surface area contributed by atoms with E-state index in [-0.39, 0.29) is 0 Å². The van der Waals surface area contributed by atoms with Gasteiger partial charge in [-0.15, -0.1) is 11.6 Å². The van der Waals surface area contributed by atoms with Crippen LogP contribution in [0.25, 0.3) is 0 Å². The predicted molar refractivity (Wildman–Crippen MR) is 50.5 cm³/mol. The number of hydrogen-bond acceptors (Lipinski definition) is 2. The Kier molecular flexibility index (Phi) is 4.19. The number of nitrogens with one attached hydrogen (secondary N) is 1. The third-order valence-corrected chi connectivity index (χ3v) is 1.85. The van der Waals surface area contributed by atoms with Crippen LogP contribution in [0.15, 0.2) is 16.5 Å². The van der Waals surface area contributed by atoms with Gasteiger partial charge in [-0.3, -0.25) is 0 Å². The fraction of sp³-hybridized carbons (Fsp3) is 0.556. The molecule has 0 aliphatic rings. The van der Waals surface area contributed by atoms with Crippen LogP contribution in [0.1, 0.15) is 17.9 Å². The van der Waals surface area contributed by atoms with Crippen molar-refractivity contribution in [2.45, 2.75) is 19.9 Å². The van der Waals surface area contributed by atoms with E-state index in [1.165, 1.54) is 0 Å². The molecular formula is C9H14ClNO. The maximum atomic E-state index is 5.52. The Morgan fingerprint density at radius 3 is 2.92 bits per heavy atom. The summed E-state index contributed by atoms with van der Waals surface area (Å²) in [6.45, 7) is 3.69. The van der Waals surface area contributed by atoms with E-state index in [0.717, 1.165) is 31.0 Å². The summed E-state index contributed by atoms with van der Waals surface area (Å²) < 4.78 is 5.37. The number of furan rings is 1. The first-order chi connectivity index (χ1) is 5.83. The Hall–Kier alpha value is -0.470. The van der Waals surface area contributed by atoms with Gasteiger partial charge >= 0.3 is 0 Å². The lowest BCUT2D eigenvalue weighted by atomic mass is 10.4. The monoisotopic (exact) mass is 187 g/mol. The van der Waals surface area contributed by atoms with Crippen molar-refractivity contribution >= 4 is 11.6 Å². The first-order valence-corrected chi connectivity index (χ1v) is 4.68. The largest absolute Gasteiger partial charge is 0.465 e. The Labute approximate surface area is 77.9 Å². The third-order valence-electron chi connectivity index (χ3n) is 1.58. The van der Waals surface area contributed by atoms with E-state index in [4.69, 9.17) is 16.0 Å². The van der Waals surface area contributed by atoms with Gasteiger partial charge in [0.25, 0.3) is 0 Å². The van der Waals surface area contributed by atoms with E-state index >= 15 is 0 Å². The lowest BCUT2D eigenvalue weighted by Crippen LogP contribution is -2.14. The van der Waals surface area contributed by atoms with Crippen LogP contribution in [0.3, 0.4) is 0 Å². The summed E-state index contributed by atoms with van der Waals surface area (Å²) >= 11 is 5.52. The average molecular weight is 188 g/mol. The molecular weight excluding hydrogens is 174 g/mol. The molecule has 0 spiro atoms. The van der Waals surface area contributed by atoms with Crippen molar-refractivity contribution in [2.24, 2.45) is 0 Å². The Balaban J connectivity index is 2.15. The number of halogens is 1. The summed E-state index contributed by atoms with van der Waals surface area (Å²) in [5, 5.41) is 3.24. The summed E-state index contributed by atoms with van der Waals surface area (Å²) in [7, 11) is 0. The van der Waals surface area contributed by atoms with Crippen molar-refractivity contribution in [3.63, 3.8) is 0 Å². The van der Waals surface area contributed by atoms with Gasteiger partial charge in [-0.05, 0) is 32.0 Å². The number of alkyl halides is 1. The average Bonchev–Trinajstić information content (AvgIpc) is 2.45. The topological polar surface area (TPSA) is 25.2 Å². The molecule has 1 aromatic heterocycles. The second-order valence-corrected chi connectivity index (χ2v) is 3.11.